The lowest BCUT2D eigenvalue weighted by Crippen LogP contribution is -2.38. The summed E-state index contributed by atoms with van der Waals surface area (Å²) in [4.78, 5) is 12.1. The number of rotatable bonds is 3. The van der Waals surface area contributed by atoms with Crippen LogP contribution < -0.4 is 5.32 Å². The molecule has 1 aromatic rings. The number of amides is 1. The molecule has 2 atom stereocenters. The minimum absolute atomic E-state index is 0.0546. The Bertz CT molecular complexity index is 447. The van der Waals surface area contributed by atoms with Crippen LogP contribution in [0, 0.1) is 12.8 Å². The maximum atomic E-state index is 12.1. The Kier molecular flexibility index (Phi) is 4.40. The number of aliphatic hydroxyl groups excluding tert-OH is 1. The summed E-state index contributed by atoms with van der Waals surface area (Å²) in [6, 6.07) is 5.71. The molecule has 1 aromatic carbocycles. The molecule has 0 aromatic heterocycles. The largest absolute Gasteiger partial charge is 0.396 e. The van der Waals surface area contributed by atoms with Gasteiger partial charge >= 0.3 is 0 Å². The number of hydrogen-bond donors (Lipinski definition) is 2. The monoisotopic (exact) mass is 311 g/mol. The minimum atomic E-state index is -0.0546. The van der Waals surface area contributed by atoms with Gasteiger partial charge in [0.05, 0.1) is 0 Å². The van der Waals surface area contributed by atoms with Gasteiger partial charge < -0.3 is 10.4 Å². The molecule has 1 amide bonds. The topological polar surface area (TPSA) is 49.3 Å². The van der Waals surface area contributed by atoms with Gasteiger partial charge in [-0.05, 0) is 37.5 Å². The molecular weight excluding hydrogens is 294 g/mol. The highest BCUT2D eigenvalue weighted by molar-refractivity contribution is 9.10. The normalized spacial score (nSPS) is 23.1. The molecular formula is C14H18BrNO2. The van der Waals surface area contributed by atoms with Crippen LogP contribution in [0.15, 0.2) is 22.7 Å². The Morgan fingerprint density at radius 1 is 1.50 bits per heavy atom. The third-order valence-electron chi connectivity index (χ3n) is 3.64. The molecule has 4 heteroatoms. The van der Waals surface area contributed by atoms with Gasteiger partial charge in [-0.15, -0.1) is 0 Å². The minimum Gasteiger partial charge on any atom is -0.396 e. The number of carbonyl (C=O) groups excluding carboxylic acids is 1. The van der Waals surface area contributed by atoms with Crippen molar-refractivity contribution in [1.82, 2.24) is 5.32 Å². The maximum absolute atomic E-state index is 12.1. The predicted octanol–water partition coefficient (Wildman–Crippen LogP) is 2.65. The van der Waals surface area contributed by atoms with Crippen molar-refractivity contribution in [2.75, 3.05) is 6.61 Å². The van der Waals surface area contributed by atoms with E-state index >= 15 is 0 Å². The van der Waals surface area contributed by atoms with Gasteiger partial charge in [-0.1, -0.05) is 28.4 Å². The number of aliphatic hydroxyl groups is 1. The van der Waals surface area contributed by atoms with Crippen LogP contribution in [-0.4, -0.2) is 23.7 Å². The predicted molar refractivity (Wildman–Crippen MR) is 74.6 cm³/mol. The highest BCUT2D eigenvalue weighted by atomic mass is 79.9. The molecule has 0 aliphatic heterocycles. The fourth-order valence-corrected chi connectivity index (χ4v) is 2.81. The van der Waals surface area contributed by atoms with Gasteiger partial charge in [0.1, 0.15) is 0 Å². The fraction of sp³-hybridized carbons (Fsp3) is 0.500. The molecule has 2 unspecified atom stereocenters. The van der Waals surface area contributed by atoms with Gasteiger partial charge in [0, 0.05) is 28.6 Å². The molecule has 0 saturated heterocycles. The lowest BCUT2D eigenvalue weighted by atomic mass is 10.0. The Balaban J connectivity index is 2.05. The fourth-order valence-electron chi connectivity index (χ4n) is 2.43. The zero-order chi connectivity index (χ0) is 13.1. The van der Waals surface area contributed by atoms with E-state index in [1.54, 1.807) is 0 Å². The number of halogens is 1. The van der Waals surface area contributed by atoms with Gasteiger partial charge in [0.2, 0.25) is 0 Å². The van der Waals surface area contributed by atoms with Crippen molar-refractivity contribution in [1.29, 1.82) is 0 Å². The van der Waals surface area contributed by atoms with Crippen LogP contribution in [0.4, 0.5) is 0 Å². The molecule has 2 N–H and O–H groups in total. The highest BCUT2D eigenvalue weighted by Gasteiger charge is 2.28. The zero-order valence-corrected chi connectivity index (χ0v) is 12.0. The summed E-state index contributed by atoms with van der Waals surface area (Å²) in [7, 11) is 0. The first-order chi connectivity index (χ1) is 8.61. The number of carbonyl (C=O) groups is 1. The van der Waals surface area contributed by atoms with Crippen LogP contribution in [0.25, 0.3) is 0 Å². The average Bonchev–Trinajstić information content (AvgIpc) is 2.79. The second-order valence-electron chi connectivity index (χ2n) is 4.92. The molecule has 1 saturated carbocycles. The molecule has 0 radical (unpaired) electrons. The molecule has 2 rings (SSSR count). The molecule has 1 fully saturated rings. The summed E-state index contributed by atoms with van der Waals surface area (Å²) < 4.78 is 0.945. The van der Waals surface area contributed by atoms with E-state index in [2.05, 4.69) is 21.2 Å². The molecule has 3 nitrogen and oxygen atoms in total. The lowest BCUT2D eigenvalue weighted by molar-refractivity contribution is 0.0916. The first-order valence-electron chi connectivity index (χ1n) is 6.29. The summed E-state index contributed by atoms with van der Waals surface area (Å²) in [5, 5.41) is 12.3. The third kappa shape index (κ3) is 2.93. The Hall–Kier alpha value is -0.870. The van der Waals surface area contributed by atoms with Gasteiger partial charge in [0.25, 0.3) is 5.91 Å². The number of aryl methyl sites for hydroxylation is 1. The zero-order valence-electron chi connectivity index (χ0n) is 10.4. The summed E-state index contributed by atoms with van der Waals surface area (Å²) in [5.74, 6) is 0.156. The summed E-state index contributed by atoms with van der Waals surface area (Å²) in [5.41, 5.74) is 1.77. The highest BCUT2D eigenvalue weighted by Crippen LogP contribution is 2.25. The van der Waals surface area contributed by atoms with Crippen molar-refractivity contribution in [3.8, 4) is 0 Å². The van der Waals surface area contributed by atoms with Crippen molar-refractivity contribution in [3.63, 3.8) is 0 Å². The lowest BCUT2D eigenvalue weighted by Gasteiger charge is -2.19. The molecule has 1 aliphatic carbocycles. The van der Waals surface area contributed by atoms with Crippen molar-refractivity contribution < 1.29 is 9.90 Å². The van der Waals surface area contributed by atoms with E-state index in [1.807, 2.05) is 25.1 Å². The molecule has 0 spiro atoms. The smallest absolute Gasteiger partial charge is 0.251 e. The van der Waals surface area contributed by atoms with Crippen LogP contribution in [0.2, 0.25) is 0 Å². The summed E-state index contributed by atoms with van der Waals surface area (Å²) in [6.45, 7) is 2.15. The van der Waals surface area contributed by atoms with E-state index in [1.165, 1.54) is 0 Å². The maximum Gasteiger partial charge on any atom is 0.251 e. The molecule has 0 bridgehead atoms. The molecule has 98 valence electrons. The number of benzene rings is 1. The first kappa shape index (κ1) is 13.6. The Morgan fingerprint density at radius 3 is 2.94 bits per heavy atom. The number of hydrogen-bond acceptors (Lipinski definition) is 2. The van der Waals surface area contributed by atoms with Crippen LogP contribution in [0.3, 0.4) is 0 Å². The SMILES string of the molecule is Cc1ccc(C(=O)NC2CCCC2CO)cc1Br. The van der Waals surface area contributed by atoms with E-state index in [0.29, 0.717) is 5.56 Å². The Morgan fingerprint density at radius 2 is 2.28 bits per heavy atom. The first-order valence-corrected chi connectivity index (χ1v) is 7.09. The van der Waals surface area contributed by atoms with Gasteiger partial charge in [-0.2, -0.15) is 0 Å². The van der Waals surface area contributed by atoms with Gasteiger partial charge in [0.15, 0.2) is 0 Å². The van der Waals surface area contributed by atoms with Crippen molar-refractivity contribution in [3.05, 3.63) is 33.8 Å². The van der Waals surface area contributed by atoms with Crippen LogP contribution in [0.5, 0.6) is 0 Å². The van der Waals surface area contributed by atoms with Crippen molar-refractivity contribution in [2.24, 2.45) is 5.92 Å². The van der Waals surface area contributed by atoms with Crippen molar-refractivity contribution >= 4 is 21.8 Å². The second-order valence-corrected chi connectivity index (χ2v) is 5.77. The number of nitrogens with one attached hydrogen (secondary N) is 1. The van der Waals surface area contributed by atoms with Crippen molar-refractivity contribution in [2.45, 2.75) is 32.2 Å². The summed E-state index contributed by atoms with van der Waals surface area (Å²) >= 11 is 3.43. The van der Waals surface area contributed by atoms with E-state index in [-0.39, 0.29) is 24.5 Å². The third-order valence-corrected chi connectivity index (χ3v) is 4.50. The van der Waals surface area contributed by atoms with E-state index < -0.39 is 0 Å². The van der Waals surface area contributed by atoms with E-state index in [0.717, 1.165) is 29.3 Å². The van der Waals surface area contributed by atoms with Crippen LogP contribution >= 0.6 is 15.9 Å². The van der Waals surface area contributed by atoms with E-state index in [4.69, 9.17) is 0 Å². The van der Waals surface area contributed by atoms with E-state index in [9.17, 15) is 9.90 Å². The molecule has 0 heterocycles. The van der Waals surface area contributed by atoms with Gasteiger partial charge in [-0.3, -0.25) is 4.79 Å². The van der Waals surface area contributed by atoms with Crippen LogP contribution in [0.1, 0.15) is 35.2 Å². The second kappa shape index (κ2) is 5.85. The average molecular weight is 312 g/mol. The molecule has 18 heavy (non-hydrogen) atoms. The summed E-state index contributed by atoms with van der Waals surface area (Å²) in [6.07, 6.45) is 3.04. The Labute approximate surface area is 116 Å². The molecule has 1 aliphatic rings. The standard InChI is InChI=1S/C14H18BrNO2/c1-9-5-6-10(7-12(9)15)14(18)16-13-4-2-3-11(13)8-17/h5-7,11,13,17H,2-4,8H2,1H3,(H,16,18). The van der Waals surface area contributed by atoms with Gasteiger partial charge in [-0.25, -0.2) is 0 Å². The quantitative estimate of drug-likeness (QED) is 0.901. The van der Waals surface area contributed by atoms with Crippen LogP contribution in [-0.2, 0) is 0 Å².